The summed E-state index contributed by atoms with van der Waals surface area (Å²) >= 11 is 1.61. The first kappa shape index (κ1) is 15.9. The smallest absolute Gasteiger partial charge is 0.185 e. The Balaban J connectivity index is 2.00. The van der Waals surface area contributed by atoms with Gasteiger partial charge in [0.15, 0.2) is 5.78 Å². The molecule has 120 valence electrons. The average Bonchev–Trinajstić information content (AvgIpc) is 2.82. The second-order valence-corrected chi connectivity index (χ2v) is 6.94. The maximum Gasteiger partial charge on any atom is 0.185 e. The summed E-state index contributed by atoms with van der Waals surface area (Å²) in [7, 11) is 0. The van der Waals surface area contributed by atoms with E-state index >= 15 is 0 Å². The van der Waals surface area contributed by atoms with Crippen molar-refractivity contribution in [2.75, 3.05) is 22.9 Å². The van der Waals surface area contributed by atoms with Crippen LogP contribution in [-0.4, -0.2) is 18.1 Å². The van der Waals surface area contributed by atoms with Crippen LogP contribution in [0, 0.1) is 12.7 Å². The van der Waals surface area contributed by atoms with Gasteiger partial charge in [-0.25, -0.2) is 4.39 Å². The highest BCUT2D eigenvalue weighted by atomic mass is 32.2. The Morgan fingerprint density at radius 1 is 1.30 bits per heavy atom. The third kappa shape index (κ3) is 2.93. The number of aryl methyl sites for hydroxylation is 1. The number of nitrogens with zero attached hydrogens (tertiary/aromatic N) is 1. The fraction of sp³-hybridized carbons (Fsp3) is 0.278. The summed E-state index contributed by atoms with van der Waals surface area (Å²) in [6.07, 6.45) is 0. The van der Waals surface area contributed by atoms with E-state index in [1.807, 2.05) is 17.9 Å². The predicted octanol–water partition coefficient (Wildman–Crippen LogP) is 4.03. The number of anilines is 2. The molecule has 0 saturated heterocycles. The topological polar surface area (TPSA) is 46.3 Å². The molecule has 1 aliphatic heterocycles. The lowest BCUT2D eigenvalue weighted by molar-refractivity contribution is 0.101. The number of carbonyl (C=O) groups is 1. The van der Waals surface area contributed by atoms with E-state index in [0.717, 1.165) is 33.0 Å². The van der Waals surface area contributed by atoms with Crippen molar-refractivity contribution in [3.8, 4) is 0 Å². The van der Waals surface area contributed by atoms with E-state index in [1.54, 1.807) is 23.9 Å². The van der Waals surface area contributed by atoms with Gasteiger partial charge in [0.25, 0.3) is 0 Å². The van der Waals surface area contributed by atoms with Gasteiger partial charge >= 0.3 is 0 Å². The number of nitrogen functional groups attached to an aromatic ring is 1. The van der Waals surface area contributed by atoms with Crippen LogP contribution >= 0.6 is 11.8 Å². The Hall–Kier alpha value is -2.01. The van der Waals surface area contributed by atoms with Crippen molar-refractivity contribution >= 4 is 28.9 Å². The van der Waals surface area contributed by atoms with Crippen LogP contribution in [0.1, 0.15) is 28.4 Å². The lowest BCUT2D eigenvalue weighted by Gasteiger charge is -2.20. The molecule has 0 unspecified atom stereocenters. The molecule has 0 atom stereocenters. The molecule has 0 bridgehead atoms. The van der Waals surface area contributed by atoms with Gasteiger partial charge in [-0.15, -0.1) is 11.8 Å². The molecule has 2 aromatic carbocycles. The average molecular weight is 330 g/mol. The Bertz CT molecular complexity index is 759. The van der Waals surface area contributed by atoms with E-state index in [2.05, 4.69) is 6.92 Å². The van der Waals surface area contributed by atoms with E-state index in [1.165, 1.54) is 12.1 Å². The van der Waals surface area contributed by atoms with E-state index < -0.39 is 0 Å². The normalized spacial score (nSPS) is 13.5. The van der Waals surface area contributed by atoms with Gasteiger partial charge in [-0.3, -0.25) is 4.79 Å². The highest BCUT2D eigenvalue weighted by Gasteiger charge is 2.31. The van der Waals surface area contributed by atoms with Crippen molar-refractivity contribution < 1.29 is 9.18 Å². The number of nitrogens with two attached hydrogens (primary N) is 1. The van der Waals surface area contributed by atoms with Crippen LogP contribution < -0.4 is 10.6 Å². The summed E-state index contributed by atoms with van der Waals surface area (Å²) in [4.78, 5) is 15.4. The molecule has 0 amide bonds. The number of carbonyl (C=O) groups excluding carboxylic acids is 1. The zero-order chi connectivity index (χ0) is 16.6. The van der Waals surface area contributed by atoms with Gasteiger partial charge in [0.05, 0.1) is 12.1 Å². The summed E-state index contributed by atoms with van der Waals surface area (Å²) in [5, 5.41) is 0. The first-order valence-electron chi connectivity index (χ1n) is 7.59. The maximum atomic E-state index is 13.1. The third-order valence-electron chi connectivity index (χ3n) is 4.04. The Morgan fingerprint density at radius 2 is 2.00 bits per heavy atom. The minimum atomic E-state index is -0.253. The molecule has 0 aliphatic carbocycles. The molecule has 5 heteroatoms. The second-order valence-electron chi connectivity index (χ2n) is 5.67. The van der Waals surface area contributed by atoms with Gasteiger partial charge in [0, 0.05) is 22.8 Å². The first-order chi connectivity index (χ1) is 11.0. The number of ketones is 1. The molecule has 2 aromatic rings. The number of rotatable bonds is 4. The van der Waals surface area contributed by atoms with Crippen LogP contribution in [0.3, 0.4) is 0 Å². The summed E-state index contributed by atoms with van der Waals surface area (Å²) in [6.45, 7) is 4.94. The summed E-state index contributed by atoms with van der Waals surface area (Å²) in [6, 6.07) is 8.38. The number of halogens is 1. The Kier molecular flexibility index (Phi) is 4.31. The van der Waals surface area contributed by atoms with Crippen LogP contribution in [0.5, 0.6) is 0 Å². The second kappa shape index (κ2) is 6.24. The quantitative estimate of drug-likeness (QED) is 0.679. The maximum absolute atomic E-state index is 13.1. The lowest BCUT2D eigenvalue weighted by Crippen LogP contribution is -2.21. The van der Waals surface area contributed by atoms with Crippen molar-refractivity contribution in [3.05, 3.63) is 52.8 Å². The summed E-state index contributed by atoms with van der Waals surface area (Å²) < 4.78 is 13.1. The Labute approximate surface area is 139 Å². The van der Waals surface area contributed by atoms with Crippen LogP contribution in [0.4, 0.5) is 15.8 Å². The highest BCUT2D eigenvalue weighted by molar-refractivity contribution is 7.99. The van der Waals surface area contributed by atoms with E-state index in [0.29, 0.717) is 18.8 Å². The molecule has 2 N–H and O–H groups in total. The number of hydrogen-bond donors (Lipinski definition) is 1. The zero-order valence-electron chi connectivity index (χ0n) is 13.2. The molecule has 0 fully saturated rings. The molecule has 3 nitrogen and oxygen atoms in total. The van der Waals surface area contributed by atoms with Crippen LogP contribution in [0.15, 0.2) is 35.2 Å². The van der Waals surface area contributed by atoms with Gasteiger partial charge in [0.1, 0.15) is 5.82 Å². The molecule has 0 radical (unpaired) electrons. The number of hydrogen-bond acceptors (Lipinski definition) is 4. The van der Waals surface area contributed by atoms with Gasteiger partial charge in [-0.2, -0.15) is 0 Å². The minimum Gasteiger partial charge on any atom is -0.398 e. The van der Waals surface area contributed by atoms with Gasteiger partial charge < -0.3 is 10.6 Å². The van der Waals surface area contributed by atoms with Crippen LogP contribution in [-0.2, 0) is 6.54 Å². The van der Waals surface area contributed by atoms with Crippen molar-refractivity contribution in [1.29, 1.82) is 0 Å². The highest BCUT2D eigenvalue weighted by Crippen LogP contribution is 2.41. The minimum absolute atomic E-state index is 0.102. The number of fused-ring (bicyclic) bond motifs is 1. The molecule has 0 saturated carbocycles. The monoisotopic (exact) mass is 330 g/mol. The standard InChI is InChI=1S/C18H19FN2OS/c1-3-23-18-16-14(8-11(2)17(18)20)21(10-15(16)22)9-12-4-6-13(19)7-5-12/h4-8H,3,9-10,20H2,1-2H3. The first-order valence-corrected chi connectivity index (χ1v) is 8.58. The number of thioether (sulfide) groups is 1. The van der Waals surface area contributed by atoms with Crippen molar-refractivity contribution in [3.63, 3.8) is 0 Å². The van der Waals surface area contributed by atoms with Gasteiger partial charge in [-0.05, 0) is 42.0 Å². The molecule has 23 heavy (non-hydrogen) atoms. The molecule has 0 aromatic heterocycles. The fourth-order valence-corrected chi connectivity index (χ4v) is 3.85. The summed E-state index contributed by atoms with van der Waals surface area (Å²) in [5.74, 6) is 0.715. The third-order valence-corrected chi connectivity index (χ3v) is 5.04. The van der Waals surface area contributed by atoms with Crippen molar-refractivity contribution in [2.24, 2.45) is 0 Å². The fourth-order valence-electron chi connectivity index (χ4n) is 2.89. The number of Topliss-reactive ketones (excluding diaryl/α,β-unsaturated/α-hetero) is 1. The van der Waals surface area contributed by atoms with Gasteiger partial charge in [0.2, 0.25) is 0 Å². The molecule has 3 rings (SSSR count). The molecular formula is C18H19FN2OS. The number of benzene rings is 2. The SMILES string of the molecule is CCSc1c(N)c(C)cc2c1C(=O)CN2Cc1ccc(F)cc1. The largest absolute Gasteiger partial charge is 0.398 e. The van der Waals surface area contributed by atoms with Crippen LogP contribution in [0.2, 0.25) is 0 Å². The van der Waals surface area contributed by atoms with Gasteiger partial charge in [-0.1, -0.05) is 19.1 Å². The Morgan fingerprint density at radius 3 is 2.65 bits per heavy atom. The zero-order valence-corrected chi connectivity index (χ0v) is 14.0. The molecule has 1 heterocycles. The summed E-state index contributed by atoms with van der Waals surface area (Å²) in [5.41, 5.74) is 10.5. The van der Waals surface area contributed by atoms with E-state index in [9.17, 15) is 9.18 Å². The molecular weight excluding hydrogens is 311 g/mol. The molecule has 1 aliphatic rings. The van der Waals surface area contributed by atoms with Crippen molar-refractivity contribution in [2.45, 2.75) is 25.3 Å². The van der Waals surface area contributed by atoms with Crippen LogP contribution in [0.25, 0.3) is 0 Å². The van der Waals surface area contributed by atoms with Crippen molar-refractivity contribution in [1.82, 2.24) is 0 Å². The van der Waals surface area contributed by atoms with E-state index in [4.69, 9.17) is 5.73 Å². The van der Waals surface area contributed by atoms with E-state index in [-0.39, 0.29) is 11.6 Å². The molecule has 0 spiro atoms. The predicted molar refractivity (Wildman–Crippen MR) is 93.8 cm³/mol. The lowest BCUT2D eigenvalue weighted by atomic mass is 10.1.